The first-order valence-electron chi connectivity index (χ1n) is 9.83. The van der Waals surface area contributed by atoms with Crippen LogP contribution in [0, 0.1) is 0 Å². The molecule has 160 valence electrons. The third-order valence-corrected chi connectivity index (χ3v) is 6.07. The van der Waals surface area contributed by atoms with Crippen molar-refractivity contribution in [2.24, 2.45) is 0 Å². The minimum absolute atomic E-state index is 0.0110. The molecule has 6 atom stereocenters. The van der Waals surface area contributed by atoms with E-state index in [2.05, 4.69) is 0 Å². The van der Waals surface area contributed by atoms with Gasteiger partial charge in [-0.1, -0.05) is 25.1 Å². The molecule has 30 heavy (non-hydrogen) atoms. The summed E-state index contributed by atoms with van der Waals surface area (Å²) in [5, 5.41) is 61.7. The summed E-state index contributed by atoms with van der Waals surface area (Å²) in [4.78, 5) is 13.1. The van der Waals surface area contributed by atoms with Crippen LogP contribution in [0.2, 0.25) is 0 Å². The van der Waals surface area contributed by atoms with Crippen molar-refractivity contribution in [2.75, 3.05) is 6.61 Å². The number of aryl methyl sites for hydroxylation is 1. The van der Waals surface area contributed by atoms with Gasteiger partial charge in [-0.05, 0) is 35.2 Å². The van der Waals surface area contributed by atoms with Gasteiger partial charge in [-0.15, -0.1) is 0 Å². The second-order valence-corrected chi connectivity index (χ2v) is 7.77. The summed E-state index contributed by atoms with van der Waals surface area (Å²) in [5.74, 6) is -1.93. The molecule has 1 heterocycles. The van der Waals surface area contributed by atoms with Gasteiger partial charge in [0.1, 0.15) is 35.9 Å². The number of carbonyl (C=O) groups is 1. The highest BCUT2D eigenvalue weighted by Gasteiger charge is 2.50. The monoisotopic (exact) mass is 416 g/mol. The predicted molar refractivity (Wildman–Crippen MR) is 105 cm³/mol. The molecule has 0 aromatic heterocycles. The van der Waals surface area contributed by atoms with Gasteiger partial charge in [0.2, 0.25) is 5.78 Å². The molecule has 1 fully saturated rings. The zero-order valence-electron chi connectivity index (χ0n) is 16.3. The minimum atomic E-state index is -1.59. The average molecular weight is 416 g/mol. The SMILES string of the molecule is CCc1cc(O)c2c(c1)C(C1O[C@H](CO)[C@@H](O)[C@H](O)[C@H]1O)c1cccc(O)c1C2=O. The van der Waals surface area contributed by atoms with Crippen LogP contribution in [0.3, 0.4) is 0 Å². The van der Waals surface area contributed by atoms with Crippen LogP contribution in [0.1, 0.15) is 45.5 Å². The maximum Gasteiger partial charge on any atom is 0.201 e. The predicted octanol–water partition coefficient (Wildman–Crippen LogP) is 0.179. The first-order chi connectivity index (χ1) is 14.3. The maximum absolute atomic E-state index is 13.1. The number of hydrogen-bond donors (Lipinski definition) is 6. The quantitative estimate of drug-likeness (QED) is 0.415. The van der Waals surface area contributed by atoms with Gasteiger partial charge in [0.05, 0.1) is 23.8 Å². The third kappa shape index (κ3) is 3.00. The van der Waals surface area contributed by atoms with E-state index < -0.39 is 48.8 Å². The highest BCUT2D eigenvalue weighted by molar-refractivity contribution is 6.16. The molecular weight excluding hydrogens is 392 g/mol. The fourth-order valence-corrected chi connectivity index (χ4v) is 4.52. The van der Waals surface area contributed by atoms with Crippen LogP contribution in [-0.2, 0) is 11.2 Å². The van der Waals surface area contributed by atoms with E-state index >= 15 is 0 Å². The maximum atomic E-state index is 13.1. The van der Waals surface area contributed by atoms with Crippen molar-refractivity contribution in [1.29, 1.82) is 0 Å². The van der Waals surface area contributed by atoms with Crippen LogP contribution in [0.25, 0.3) is 0 Å². The van der Waals surface area contributed by atoms with E-state index in [1.165, 1.54) is 12.1 Å². The standard InChI is InChI=1S/C22H24O8/c1-2-9-6-11-15(22-21(29)20(28)18(26)14(8-23)30-22)10-4-3-5-12(24)16(10)19(27)17(11)13(25)7-9/h3-7,14-15,18,20-26,28-29H,2,8H2,1H3/t14-,15?,18-,20+,21-,22?/m1/s1. The zero-order valence-corrected chi connectivity index (χ0v) is 16.3. The number of ether oxygens (including phenoxy) is 1. The van der Waals surface area contributed by atoms with Gasteiger partial charge in [-0.25, -0.2) is 0 Å². The number of phenolic OH excluding ortho intramolecular Hbond substituents is 2. The molecule has 1 saturated heterocycles. The molecule has 6 N–H and O–H groups in total. The molecule has 1 aliphatic heterocycles. The van der Waals surface area contributed by atoms with Gasteiger partial charge in [-0.2, -0.15) is 0 Å². The molecule has 0 amide bonds. The summed E-state index contributed by atoms with van der Waals surface area (Å²) in [6, 6.07) is 7.71. The fraction of sp³-hybridized carbons (Fsp3) is 0.409. The van der Waals surface area contributed by atoms with Crippen molar-refractivity contribution in [2.45, 2.75) is 49.8 Å². The first-order valence-corrected chi connectivity index (χ1v) is 9.83. The van der Waals surface area contributed by atoms with E-state index in [1.807, 2.05) is 6.92 Å². The van der Waals surface area contributed by atoms with Gasteiger partial charge >= 0.3 is 0 Å². The zero-order chi connectivity index (χ0) is 21.7. The van der Waals surface area contributed by atoms with Gasteiger partial charge in [0.25, 0.3) is 0 Å². The molecule has 1 aliphatic carbocycles. The Bertz CT molecular complexity index is 985. The summed E-state index contributed by atoms with van der Waals surface area (Å²) in [6.07, 6.45) is -6.37. The second-order valence-electron chi connectivity index (χ2n) is 7.77. The number of aliphatic hydroxyl groups excluding tert-OH is 4. The van der Waals surface area contributed by atoms with Crippen LogP contribution < -0.4 is 0 Å². The molecular formula is C22H24O8. The van der Waals surface area contributed by atoms with E-state index in [-0.39, 0.29) is 22.6 Å². The van der Waals surface area contributed by atoms with Gasteiger partial charge < -0.3 is 35.4 Å². The Balaban J connectivity index is 1.96. The molecule has 4 rings (SSSR count). The number of aliphatic hydroxyl groups is 4. The number of hydrogen-bond acceptors (Lipinski definition) is 8. The van der Waals surface area contributed by atoms with Crippen LogP contribution in [-0.4, -0.2) is 73.5 Å². The topological polar surface area (TPSA) is 148 Å². The highest BCUT2D eigenvalue weighted by Crippen LogP contribution is 2.47. The molecule has 8 heteroatoms. The third-order valence-electron chi connectivity index (χ3n) is 6.07. The lowest BCUT2D eigenvalue weighted by atomic mass is 9.71. The Morgan fingerprint density at radius 1 is 0.933 bits per heavy atom. The van der Waals surface area contributed by atoms with E-state index in [9.17, 15) is 35.4 Å². The summed E-state index contributed by atoms with van der Waals surface area (Å²) >= 11 is 0. The highest BCUT2D eigenvalue weighted by atomic mass is 16.5. The lowest BCUT2D eigenvalue weighted by molar-refractivity contribution is -0.232. The molecule has 2 aromatic carbocycles. The lowest BCUT2D eigenvalue weighted by Gasteiger charge is -2.45. The Morgan fingerprint density at radius 3 is 2.30 bits per heavy atom. The number of phenols is 2. The lowest BCUT2D eigenvalue weighted by Crippen LogP contribution is -2.60. The second kappa shape index (κ2) is 7.64. The van der Waals surface area contributed by atoms with Crippen LogP contribution >= 0.6 is 0 Å². The van der Waals surface area contributed by atoms with E-state index in [1.54, 1.807) is 18.2 Å². The molecule has 8 nitrogen and oxygen atoms in total. The Morgan fingerprint density at radius 2 is 1.63 bits per heavy atom. The number of fused-ring (bicyclic) bond motifs is 2. The summed E-state index contributed by atoms with van der Waals surface area (Å²) in [7, 11) is 0. The molecule has 0 saturated carbocycles. The smallest absolute Gasteiger partial charge is 0.201 e. The van der Waals surface area contributed by atoms with Gasteiger partial charge in [-0.3, -0.25) is 4.79 Å². The Kier molecular flexibility index (Phi) is 5.29. The molecule has 0 spiro atoms. The molecule has 0 bridgehead atoms. The number of rotatable bonds is 3. The largest absolute Gasteiger partial charge is 0.507 e. The normalized spacial score (nSPS) is 30.6. The van der Waals surface area contributed by atoms with Gasteiger partial charge in [0.15, 0.2) is 0 Å². The number of ketones is 1. The number of benzene rings is 2. The van der Waals surface area contributed by atoms with Crippen molar-refractivity contribution in [3.05, 3.63) is 58.1 Å². The van der Waals surface area contributed by atoms with Crippen molar-refractivity contribution < 1.29 is 40.2 Å². The average Bonchev–Trinajstić information content (AvgIpc) is 2.73. The Labute approximate surface area is 172 Å². The fourth-order valence-electron chi connectivity index (χ4n) is 4.52. The molecule has 0 radical (unpaired) electrons. The van der Waals surface area contributed by atoms with Crippen LogP contribution in [0.4, 0.5) is 0 Å². The summed E-state index contributed by atoms with van der Waals surface area (Å²) in [6.45, 7) is 1.29. The summed E-state index contributed by atoms with van der Waals surface area (Å²) in [5.41, 5.74) is 1.47. The van der Waals surface area contributed by atoms with Crippen molar-refractivity contribution in [3.63, 3.8) is 0 Å². The van der Waals surface area contributed by atoms with Crippen molar-refractivity contribution in [3.8, 4) is 11.5 Å². The van der Waals surface area contributed by atoms with Crippen molar-refractivity contribution >= 4 is 5.78 Å². The molecule has 2 aromatic rings. The van der Waals surface area contributed by atoms with Crippen molar-refractivity contribution in [1.82, 2.24) is 0 Å². The van der Waals surface area contributed by atoms with E-state index in [0.717, 1.165) is 5.56 Å². The minimum Gasteiger partial charge on any atom is -0.507 e. The van der Waals surface area contributed by atoms with Crippen LogP contribution in [0.15, 0.2) is 30.3 Å². The van der Waals surface area contributed by atoms with Crippen LogP contribution in [0.5, 0.6) is 11.5 Å². The number of aromatic hydroxyl groups is 2. The van der Waals surface area contributed by atoms with Gasteiger partial charge in [0, 0.05) is 5.92 Å². The molecule has 2 aliphatic rings. The molecule has 2 unspecified atom stereocenters. The Hall–Kier alpha value is -2.49. The first kappa shape index (κ1) is 20.8. The summed E-state index contributed by atoms with van der Waals surface area (Å²) < 4.78 is 5.79. The number of carbonyl (C=O) groups excluding carboxylic acids is 1. The van der Waals surface area contributed by atoms with E-state index in [4.69, 9.17) is 4.74 Å². The van der Waals surface area contributed by atoms with E-state index in [0.29, 0.717) is 17.5 Å².